The Morgan fingerprint density at radius 1 is 1.29 bits per heavy atom. The number of hydrogen-bond acceptors (Lipinski definition) is 4. The molecule has 1 N–H and O–H groups in total. The number of amides is 1. The SMILES string of the molecule is O=C(/C=C/c1cccc([N+](=O)[O-])c1)NCc1cn2ccccc2n1. The van der Waals surface area contributed by atoms with E-state index < -0.39 is 4.92 Å². The molecule has 0 aliphatic carbocycles. The highest BCUT2D eigenvalue weighted by Gasteiger charge is 2.05. The second-order valence-corrected chi connectivity index (χ2v) is 5.10. The number of aromatic nitrogens is 2. The fourth-order valence-electron chi connectivity index (χ4n) is 2.22. The molecule has 0 unspecified atom stereocenters. The molecule has 0 fully saturated rings. The lowest BCUT2D eigenvalue weighted by Gasteiger charge is -1.98. The van der Waals surface area contributed by atoms with Gasteiger partial charge in [-0.3, -0.25) is 14.9 Å². The highest BCUT2D eigenvalue weighted by molar-refractivity contribution is 5.91. The predicted molar refractivity (Wildman–Crippen MR) is 89.2 cm³/mol. The van der Waals surface area contributed by atoms with Crippen molar-refractivity contribution in [1.82, 2.24) is 14.7 Å². The Morgan fingerprint density at radius 3 is 2.96 bits per heavy atom. The molecule has 0 atom stereocenters. The fraction of sp³-hybridized carbons (Fsp3) is 0.0588. The van der Waals surface area contributed by atoms with Crippen LogP contribution in [0.25, 0.3) is 11.7 Å². The third kappa shape index (κ3) is 3.64. The third-order valence-electron chi connectivity index (χ3n) is 3.37. The van der Waals surface area contributed by atoms with E-state index in [2.05, 4.69) is 10.3 Å². The second-order valence-electron chi connectivity index (χ2n) is 5.10. The van der Waals surface area contributed by atoms with Crippen LogP contribution in [0.15, 0.2) is 60.9 Å². The van der Waals surface area contributed by atoms with Gasteiger partial charge in [0.2, 0.25) is 5.91 Å². The van der Waals surface area contributed by atoms with E-state index in [4.69, 9.17) is 0 Å². The van der Waals surface area contributed by atoms with Gasteiger partial charge in [0.05, 0.1) is 17.2 Å². The van der Waals surface area contributed by atoms with Gasteiger partial charge in [-0.15, -0.1) is 0 Å². The Hall–Kier alpha value is -3.48. The lowest BCUT2D eigenvalue weighted by Crippen LogP contribution is -2.20. The molecule has 0 aliphatic rings. The van der Waals surface area contributed by atoms with Crippen molar-refractivity contribution < 1.29 is 9.72 Å². The van der Waals surface area contributed by atoms with Gasteiger partial charge in [0.25, 0.3) is 5.69 Å². The van der Waals surface area contributed by atoms with E-state index in [0.29, 0.717) is 12.1 Å². The molecule has 0 saturated heterocycles. The first-order valence-corrected chi connectivity index (χ1v) is 7.25. The number of nitro groups is 1. The highest BCUT2D eigenvalue weighted by Crippen LogP contribution is 2.14. The minimum atomic E-state index is -0.471. The first-order valence-electron chi connectivity index (χ1n) is 7.25. The minimum absolute atomic E-state index is 0.0118. The average molecular weight is 322 g/mol. The Kier molecular flexibility index (Phi) is 4.33. The third-order valence-corrected chi connectivity index (χ3v) is 3.37. The summed E-state index contributed by atoms with van der Waals surface area (Å²) in [6.07, 6.45) is 6.61. The molecule has 24 heavy (non-hydrogen) atoms. The van der Waals surface area contributed by atoms with Crippen LogP contribution in [0.4, 0.5) is 5.69 Å². The Bertz CT molecular complexity index is 897. The quantitative estimate of drug-likeness (QED) is 0.444. The number of hydrogen-bond donors (Lipinski definition) is 1. The van der Waals surface area contributed by atoms with Crippen LogP contribution >= 0.6 is 0 Å². The molecule has 0 radical (unpaired) electrons. The number of nitrogens with zero attached hydrogens (tertiary/aromatic N) is 3. The van der Waals surface area contributed by atoms with E-state index in [0.717, 1.165) is 11.3 Å². The minimum Gasteiger partial charge on any atom is -0.347 e. The van der Waals surface area contributed by atoms with Crippen molar-refractivity contribution in [3.05, 3.63) is 82.3 Å². The molecule has 2 heterocycles. The van der Waals surface area contributed by atoms with Gasteiger partial charge in [-0.1, -0.05) is 18.2 Å². The number of imidazole rings is 1. The van der Waals surface area contributed by atoms with Gasteiger partial charge in [-0.25, -0.2) is 4.98 Å². The second kappa shape index (κ2) is 6.74. The summed E-state index contributed by atoms with van der Waals surface area (Å²) in [6, 6.07) is 11.8. The van der Waals surface area contributed by atoms with Crippen LogP contribution in [0.2, 0.25) is 0 Å². The van der Waals surface area contributed by atoms with Gasteiger partial charge in [0.1, 0.15) is 5.65 Å². The maximum Gasteiger partial charge on any atom is 0.270 e. The fourth-order valence-corrected chi connectivity index (χ4v) is 2.22. The topological polar surface area (TPSA) is 89.5 Å². The van der Waals surface area contributed by atoms with E-state index >= 15 is 0 Å². The smallest absolute Gasteiger partial charge is 0.270 e. The van der Waals surface area contributed by atoms with Crippen LogP contribution in [-0.4, -0.2) is 20.2 Å². The number of fused-ring (bicyclic) bond motifs is 1. The molecule has 120 valence electrons. The number of pyridine rings is 1. The summed E-state index contributed by atoms with van der Waals surface area (Å²) in [7, 11) is 0. The van der Waals surface area contributed by atoms with Crippen molar-refractivity contribution >= 4 is 23.3 Å². The number of carbonyl (C=O) groups excluding carboxylic acids is 1. The van der Waals surface area contributed by atoms with Crippen molar-refractivity contribution in [2.45, 2.75) is 6.54 Å². The lowest BCUT2D eigenvalue weighted by molar-refractivity contribution is -0.384. The van der Waals surface area contributed by atoms with Crippen LogP contribution in [0, 0.1) is 10.1 Å². The zero-order valence-electron chi connectivity index (χ0n) is 12.6. The van der Waals surface area contributed by atoms with Crippen molar-refractivity contribution in [3.63, 3.8) is 0 Å². The van der Waals surface area contributed by atoms with E-state index in [-0.39, 0.29) is 11.6 Å². The largest absolute Gasteiger partial charge is 0.347 e. The summed E-state index contributed by atoms with van der Waals surface area (Å²) in [5.74, 6) is -0.293. The summed E-state index contributed by atoms with van der Waals surface area (Å²) < 4.78 is 1.88. The maximum absolute atomic E-state index is 11.9. The van der Waals surface area contributed by atoms with Crippen molar-refractivity contribution in [3.8, 4) is 0 Å². The molecule has 3 aromatic rings. The monoisotopic (exact) mass is 322 g/mol. The molecule has 1 amide bonds. The van der Waals surface area contributed by atoms with Gasteiger partial charge in [0, 0.05) is 30.6 Å². The Labute approximate surface area is 137 Å². The zero-order chi connectivity index (χ0) is 16.9. The highest BCUT2D eigenvalue weighted by atomic mass is 16.6. The number of benzene rings is 1. The zero-order valence-corrected chi connectivity index (χ0v) is 12.6. The van der Waals surface area contributed by atoms with Crippen LogP contribution < -0.4 is 5.32 Å². The van der Waals surface area contributed by atoms with E-state index in [1.807, 2.05) is 35.0 Å². The normalized spacial score (nSPS) is 11.0. The van der Waals surface area contributed by atoms with Gasteiger partial charge in [0.15, 0.2) is 0 Å². The molecule has 7 heteroatoms. The average Bonchev–Trinajstić information content (AvgIpc) is 3.01. The molecule has 2 aromatic heterocycles. The molecular weight excluding hydrogens is 308 g/mol. The molecule has 7 nitrogen and oxygen atoms in total. The van der Waals surface area contributed by atoms with Gasteiger partial charge in [-0.05, 0) is 23.8 Å². The molecule has 0 aliphatic heterocycles. The molecule has 3 rings (SSSR count). The van der Waals surface area contributed by atoms with Crippen molar-refractivity contribution in [1.29, 1.82) is 0 Å². The van der Waals surface area contributed by atoms with Crippen molar-refractivity contribution in [2.75, 3.05) is 0 Å². The first kappa shape index (κ1) is 15.4. The molecular formula is C17H14N4O3. The first-order chi connectivity index (χ1) is 11.6. The Morgan fingerprint density at radius 2 is 2.17 bits per heavy atom. The summed E-state index contributed by atoms with van der Waals surface area (Å²) in [6.45, 7) is 0.305. The Balaban J connectivity index is 1.61. The number of rotatable bonds is 5. The maximum atomic E-state index is 11.9. The molecule has 0 bridgehead atoms. The number of non-ortho nitro benzene ring substituents is 1. The summed E-state index contributed by atoms with van der Waals surface area (Å²) in [5.41, 5.74) is 2.14. The van der Waals surface area contributed by atoms with Crippen LogP contribution in [0.3, 0.4) is 0 Å². The number of nitro benzene ring substituents is 1. The predicted octanol–water partition coefficient (Wildman–Crippen LogP) is 2.57. The number of nitrogens with one attached hydrogen (secondary N) is 1. The lowest BCUT2D eigenvalue weighted by atomic mass is 10.2. The van der Waals surface area contributed by atoms with Gasteiger partial charge < -0.3 is 9.72 Å². The van der Waals surface area contributed by atoms with Gasteiger partial charge >= 0.3 is 0 Å². The van der Waals surface area contributed by atoms with E-state index in [9.17, 15) is 14.9 Å². The summed E-state index contributed by atoms with van der Waals surface area (Å²) >= 11 is 0. The van der Waals surface area contributed by atoms with Gasteiger partial charge in [-0.2, -0.15) is 0 Å². The molecule has 1 aromatic carbocycles. The van der Waals surface area contributed by atoms with E-state index in [1.54, 1.807) is 12.1 Å². The number of carbonyl (C=O) groups is 1. The summed E-state index contributed by atoms with van der Waals surface area (Å²) in [4.78, 5) is 26.5. The molecule has 0 saturated carbocycles. The van der Waals surface area contributed by atoms with Crippen LogP contribution in [-0.2, 0) is 11.3 Å². The standard InChI is InChI=1S/C17H14N4O3/c22-17(8-7-13-4-3-5-15(10-13)21(23)24)18-11-14-12-20-9-2-1-6-16(20)19-14/h1-10,12H,11H2,(H,18,22)/b8-7+. The van der Waals surface area contributed by atoms with Crippen LogP contribution in [0.5, 0.6) is 0 Å². The summed E-state index contributed by atoms with van der Waals surface area (Å²) in [5, 5.41) is 13.4. The van der Waals surface area contributed by atoms with E-state index in [1.165, 1.54) is 24.3 Å². The molecule has 0 spiro atoms. The van der Waals surface area contributed by atoms with Crippen molar-refractivity contribution in [2.24, 2.45) is 0 Å². The van der Waals surface area contributed by atoms with Crippen LogP contribution in [0.1, 0.15) is 11.3 Å².